The number of fused-ring (bicyclic) bond motifs is 2. The molecule has 3 heterocycles. The zero-order chi connectivity index (χ0) is 19.8. The topological polar surface area (TPSA) is 42.9 Å². The van der Waals surface area contributed by atoms with Gasteiger partial charge >= 0.3 is 6.03 Å². The summed E-state index contributed by atoms with van der Waals surface area (Å²) in [5.74, 6) is 1.12. The van der Waals surface area contributed by atoms with E-state index in [9.17, 15) is 4.79 Å². The van der Waals surface area contributed by atoms with Crippen molar-refractivity contribution < 1.29 is 4.79 Å². The molecule has 2 amide bonds. The van der Waals surface area contributed by atoms with E-state index in [1.54, 1.807) is 16.4 Å². The highest BCUT2D eigenvalue weighted by molar-refractivity contribution is 7.13. The van der Waals surface area contributed by atoms with Crippen LogP contribution in [-0.4, -0.2) is 66.5 Å². The Hall–Kier alpha value is -2.64. The Labute approximate surface area is 175 Å². The number of amides is 2. The number of carbonyl (C=O) groups is 1. The molecule has 1 saturated heterocycles. The molecular weight excluding hydrogens is 382 g/mol. The highest BCUT2D eigenvalue weighted by atomic mass is 32.1. The first-order chi connectivity index (χ1) is 14.2. The van der Waals surface area contributed by atoms with E-state index in [2.05, 4.69) is 40.1 Å². The van der Waals surface area contributed by atoms with Gasteiger partial charge in [0.05, 0.1) is 10.4 Å². The van der Waals surface area contributed by atoms with Gasteiger partial charge in [0.2, 0.25) is 0 Å². The molecule has 1 aromatic heterocycles. The molecule has 0 spiro atoms. The summed E-state index contributed by atoms with van der Waals surface area (Å²) >= 11 is 1.58. The number of nitrogens with zero attached hydrogens (tertiary/aromatic N) is 5. The highest BCUT2D eigenvalue weighted by Gasteiger charge is 2.28. The molecule has 0 bridgehead atoms. The molecule has 29 heavy (non-hydrogen) atoms. The molecular formula is C22H25N5OS. The Balaban J connectivity index is 1.18. The number of benzene rings is 2. The molecule has 0 atom stereocenters. The summed E-state index contributed by atoms with van der Waals surface area (Å²) in [6.45, 7) is 6.32. The number of carbonyl (C=O) groups excluding carboxylic acids is 1. The maximum Gasteiger partial charge on any atom is 0.324 e. The summed E-state index contributed by atoms with van der Waals surface area (Å²) in [4.78, 5) is 21.3. The average Bonchev–Trinajstić information content (AvgIpc) is 3.20. The van der Waals surface area contributed by atoms with Gasteiger partial charge in [0, 0.05) is 58.2 Å². The quantitative estimate of drug-likeness (QED) is 0.664. The molecule has 1 fully saturated rings. The zero-order valence-corrected chi connectivity index (χ0v) is 17.4. The summed E-state index contributed by atoms with van der Waals surface area (Å²) in [6, 6.07) is 16.7. The van der Waals surface area contributed by atoms with Crippen molar-refractivity contribution >= 4 is 39.2 Å². The van der Waals surface area contributed by atoms with Crippen LogP contribution in [0.2, 0.25) is 0 Å². The van der Waals surface area contributed by atoms with Crippen molar-refractivity contribution in [2.45, 2.75) is 6.54 Å². The minimum atomic E-state index is 0.0938. The van der Waals surface area contributed by atoms with Crippen molar-refractivity contribution in [1.82, 2.24) is 14.2 Å². The van der Waals surface area contributed by atoms with Gasteiger partial charge in [0.15, 0.2) is 0 Å². The van der Waals surface area contributed by atoms with Crippen molar-refractivity contribution in [3.8, 4) is 0 Å². The van der Waals surface area contributed by atoms with Crippen LogP contribution in [0.25, 0.3) is 10.1 Å². The molecule has 0 radical (unpaired) electrons. The summed E-state index contributed by atoms with van der Waals surface area (Å²) in [7, 11) is 1.87. The lowest BCUT2D eigenvalue weighted by Crippen LogP contribution is -2.51. The van der Waals surface area contributed by atoms with Crippen LogP contribution in [0, 0.1) is 0 Å². The molecule has 0 N–H and O–H groups in total. The lowest BCUT2D eigenvalue weighted by molar-refractivity contribution is 0.179. The third-order valence-corrected chi connectivity index (χ3v) is 6.80. The lowest BCUT2D eigenvalue weighted by Gasteiger charge is -2.38. The van der Waals surface area contributed by atoms with E-state index in [-0.39, 0.29) is 6.03 Å². The Kier molecular flexibility index (Phi) is 4.85. The first-order valence-electron chi connectivity index (χ1n) is 10.1. The van der Waals surface area contributed by atoms with Crippen molar-refractivity contribution in [2.24, 2.45) is 0 Å². The molecule has 2 aliphatic rings. The van der Waals surface area contributed by atoms with Gasteiger partial charge in [0.25, 0.3) is 0 Å². The van der Waals surface area contributed by atoms with Crippen molar-refractivity contribution in [3.05, 3.63) is 54.1 Å². The molecule has 150 valence electrons. The number of urea groups is 1. The van der Waals surface area contributed by atoms with Gasteiger partial charge in [-0.05, 0) is 35.3 Å². The van der Waals surface area contributed by atoms with E-state index in [0.717, 1.165) is 50.8 Å². The fourth-order valence-corrected chi connectivity index (χ4v) is 5.08. The molecule has 0 aliphatic carbocycles. The highest BCUT2D eigenvalue weighted by Crippen LogP contribution is 2.30. The van der Waals surface area contributed by atoms with Gasteiger partial charge in [-0.25, -0.2) is 4.79 Å². The predicted octanol–water partition coefficient (Wildman–Crippen LogP) is 3.49. The van der Waals surface area contributed by atoms with Crippen LogP contribution in [0.4, 0.5) is 16.3 Å². The molecule has 3 aromatic rings. The van der Waals surface area contributed by atoms with E-state index in [1.165, 1.54) is 15.6 Å². The number of para-hydroxylation sites is 1. The van der Waals surface area contributed by atoms with Crippen LogP contribution in [0.5, 0.6) is 0 Å². The average molecular weight is 408 g/mol. The second-order valence-electron chi connectivity index (χ2n) is 7.72. The van der Waals surface area contributed by atoms with Gasteiger partial charge in [-0.3, -0.25) is 9.80 Å². The Morgan fingerprint density at radius 2 is 1.72 bits per heavy atom. The lowest BCUT2D eigenvalue weighted by atomic mass is 10.1. The fraction of sp³-hybridized carbons (Fsp3) is 0.364. The largest absolute Gasteiger partial charge is 0.353 e. The molecule has 0 saturated carbocycles. The maximum atomic E-state index is 12.7. The van der Waals surface area contributed by atoms with E-state index in [0.29, 0.717) is 6.54 Å². The SMILES string of the molecule is CN1C(=O)N(CCN2CCN(c3nsc4ccccc34)CC2)Cc2ccccc21. The van der Waals surface area contributed by atoms with Crippen molar-refractivity contribution in [3.63, 3.8) is 0 Å². The molecule has 2 aliphatic heterocycles. The third-order valence-electron chi connectivity index (χ3n) is 5.99. The van der Waals surface area contributed by atoms with Crippen LogP contribution < -0.4 is 9.80 Å². The third kappa shape index (κ3) is 3.45. The normalized spacial score (nSPS) is 17.8. The second kappa shape index (κ2) is 7.65. The van der Waals surface area contributed by atoms with Crippen molar-refractivity contribution in [2.75, 3.05) is 56.1 Å². The molecule has 7 heteroatoms. The summed E-state index contributed by atoms with van der Waals surface area (Å²) < 4.78 is 5.94. The maximum absolute atomic E-state index is 12.7. The number of aromatic nitrogens is 1. The summed E-state index contributed by atoms with van der Waals surface area (Å²) in [5, 5.41) is 1.26. The number of hydrogen-bond acceptors (Lipinski definition) is 5. The van der Waals surface area contributed by atoms with Crippen LogP contribution in [0.1, 0.15) is 5.56 Å². The van der Waals surface area contributed by atoms with E-state index in [1.807, 2.05) is 30.1 Å². The molecule has 6 nitrogen and oxygen atoms in total. The van der Waals surface area contributed by atoms with Crippen LogP contribution in [0.3, 0.4) is 0 Å². The standard InChI is InChI=1S/C22H25N5OS/c1-24-19-8-4-2-6-17(19)16-27(22(24)28)15-12-25-10-13-26(14-11-25)21-18-7-3-5-9-20(18)29-23-21/h2-9H,10-16H2,1H3. The molecule has 5 rings (SSSR count). The van der Waals surface area contributed by atoms with E-state index in [4.69, 9.17) is 4.37 Å². The fourth-order valence-electron chi connectivity index (χ4n) is 4.28. The number of rotatable bonds is 4. The first-order valence-corrected chi connectivity index (χ1v) is 10.9. The van der Waals surface area contributed by atoms with Gasteiger partial charge in [-0.1, -0.05) is 30.3 Å². The Bertz CT molecular complexity index is 1030. The Morgan fingerprint density at radius 3 is 2.59 bits per heavy atom. The van der Waals surface area contributed by atoms with E-state index >= 15 is 0 Å². The first kappa shape index (κ1) is 18.4. The second-order valence-corrected chi connectivity index (χ2v) is 8.53. The van der Waals surface area contributed by atoms with Crippen LogP contribution >= 0.6 is 11.5 Å². The van der Waals surface area contributed by atoms with Crippen LogP contribution in [-0.2, 0) is 6.54 Å². The summed E-state index contributed by atoms with van der Waals surface area (Å²) in [5.41, 5.74) is 2.24. The monoisotopic (exact) mass is 407 g/mol. The molecule has 2 aromatic carbocycles. The summed E-state index contributed by atoms with van der Waals surface area (Å²) in [6.07, 6.45) is 0. The minimum Gasteiger partial charge on any atom is -0.353 e. The van der Waals surface area contributed by atoms with Gasteiger partial charge in [0.1, 0.15) is 5.82 Å². The number of hydrogen-bond donors (Lipinski definition) is 0. The van der Waals surface area contributed by atoms with Gasteiger partial charge in [-0.2, -0.15) is 4.37 Å². The van der Waals surface area contributed by atoms with Crippen LogP contribution in [0.15, 0.2) is 48.5 Å². The van der Waals surface area contributed by atoms with Gasteiger partial charge in [-0.15, -0.1) is 0 Å². The number of anilines is 2. The van der Waals surface area contributed by atoms with E-state index < -0.39 is 0 Å². The predicted molar refractivity (Wildman–Crippen MR) is 119 cm³/mol. The molecule has 0 unspecified atom stereocenters. The van der Waals surface area contributed by atoms with Crippen molar-refractivity contribution in [1.29, 1.82) is 0 Å². The Morgan fingerprint density at radius 1 is 0.966 bits per heavy atom. The van der Waals surface area contributed by atoms with Gasteiger partial charge < -0.3 is 9.80 Å². The number of piperazine rings is 1. The minimum absolute atomic E-state index is 0.0938. The zero-order valence-electron chi connectivity index (χ0n) is 16.6. The smallest absolute Gasteiger partial charge is 0.324 e.